The van der Waals surface area contributed by atoms with E-state index in [1.165, 1.54) is 0 Å². The Bertz CT molecular complexity index is 481. The van der Waals surface area contributed by atoms with Gasteiger partial charge in [-0.2, -0.15) is 0 Å². The first-order chi connectivity index (χ1) is 9.31. The van der Waals surface area contributed by atoms with E-state index in [0.29, 0.717) is 18.5 Å². The monoisotopic (exact) mass is 279 g/mol. The van der Waals surface area contributed by atoms with Crippen molar-refractivity contribution in [3.63, 3.8) is 0 Å². The molecule has 0 aliphatic heterocycles. The van der Waals surface area contributed by atoms with Gasteiger partial charge in [0.15, 0.2) is 0 Å². The number of nitrogen functional groups attached to an aromatic ring is 1. The Kier molecular flexibility index (Phi) is 5.52. The zero-order valence-electron chi connectivity index (χ0n) is 12.0. The van der Waals surface area contributed by atoms with Crippen LogP contribution in [0.4, 0.5) is 4.79 Å². The molecule has 0 aliphatic rings. The summed E-state index contributed by atoms with van der Waals surface area (Å²) in [6, 6.07) is 7.06. The van der Waals surface area contributed by atoms with Gasteiger partial charge in [-0.25, -0.2) is 10.6 Å². The maximum atomic E-state index is 11.5. The van der Waals surface area contributed by atoms with Gasteiger partial charge in [0.25, 0.3) is 5.91 Å². The van der Waals surface area contributed by atoms with Crippen LogP contribution in [0.1, 0.15) is 36.7 Å². The van der Waals surface area contributed by atoms with Crippen molar-refractivity contribution in [2.75, 3.05) is 6.54 Å². The molecule has 1 aromatic rings. The first-order valence-electron chi connectivity index (χ1n) is 6.38. The van der Waals surface area contributed by atoms with Gasteiger partial charge in [-0.15, -0.1) is 0 Å². The number of hydrazine groups is 1. The summed E-state index contributed by atoms with van der Waals surface area (Å²) in [5.74, 6) is 4.74. The van der Waals surface area contributed by atoms with Gasteiger partial charge in [0.2, 0.25) is 0 Å². The van der Waals surface area contributed by atoms with Crippen LogP contribution in [0.2, 0.25) is 0 Å². The Labute approximate surface area is 118 Å². The van der Waals surface area contributed by atoms with Crippen LogP contribution >= 0.6 is 0 Å². The Morgan fingerprint density at radius 3 is 2.60 bits per heavy atom. The molecule has 4 N–H and O–H groups in total. The van der Waals surface area contributed by atoms with E-state index in [1.807, 2.05) is 26.8 Å². The molecule has 0 spiro atoms. The molecule has 0 saturated heterocycles. The molecule has 0 aliphatic carbocycles. The Morgan fingerprint density at radius 2 is 2.00 bits per heavy atom. The first-order valence-corrected chi connectivity index (χ1v) is 6.38. The maximum Gasteiger partial charge on any atom is 0.407 e. The number of rotatable bonds is 4. The molecule has 2 amide bonds. The van der Waals surface area contributed by atoms with Crippen molar-refractivity contribution < 1.29 is 14.3 Å². The molecule has 0 aromatic heterocycles. The Hall–Kier alpha value is -2.08. The van der Waals surface area contributed by atoms with Crippen LogP contribution in [-0.2, 0) is 11.2 Å². The van der Waals surface area contributed by atoms with Crippen LogP contribution in [-0.4, -0.2) is 24.1 Å². The second-order valence-electron chi connectivity index (χ2n) is 5.35. The minimum Gasteiger partial charge on any atom is -0.444 e. The third-order valence-electron chi connectivity index (χ3n) is 2.40. The molecule has 0 heterocycles. The van der Waals surface area contributed by atoms with E-state index >= 15 is 0 Å². The fourth-order valence-electron chi connectivity index (χ4n) is 1.57. The van der Waals surface area contributed by atoms with Crippen LogP contribution < -0.4 is 16.6 Å². The van der Waals surface area contributed by atoms with E-state index < -0.39 is 11.7 Å². The predicted molar refractivity (Wildman–Crippen MR) is 76.0 cm³/mol. The van der Waals surface area contributed by atoms with Gasteiger partial charge < -0.3 is 10.1 Å². The zero-order valence-corrected chi connectivity index (χ0v) is 12.0. The number of hydrogen-bond donors (Lipinski definition) is 3. The molecular weight excluding hydrogens is 258 g/mol. The summed E-state index contributed by atoms with van der Waals surface area (Å²) >= 11 is 0. The lowest BCUT2D eigenvalue weighted by molar-refractivity contribution is 0.0528. The third-order valence-corrected chi connectivity index (χ3v) is 2.40. The van der Waals surface area contributed by atoms with Crippen molar-refractivity contribution in [3.05, 3.63) is 35.4 Å². The molecule has 0 saturated carbocycles. The van der Waals surface area contributed by atoms with Crippen LogP contribution in [0.3, 0.4) is 0 Å². The highest BCUT2D eigenvalue weighted by atomic mass is 16.6. The van der Waals surface area contributed by atoms with Gasteiger partial charge in [0, 0.05) is 12.1 Å². The number of hydrogen-bond acceptors (Lipinski definition) is 4. The van der Waals surface area contributed by atoms with Crippen molar-refractivity contribution in [1.82, 2.24) is 10.7 Å². The molecule has 1 rings (SSSR count). The average Bonchev–Trinajstić information content (AvgIpc) is 2.36. The Morgan fingerprint density at radius 1 is 1.30 bits per heavy atom. The van der Waals surface area contributed by atoms with Crippen molar-refractivity contribution in [1.29, 1.82) is 0 Å². The largest absolute Gasteiger partial charge is 0.444 e. The average molecular weight is 279 g/mol. The Balaban J connectivity index is 2.46. The summed E-state index contributed by atoms with van der Waals surface area (Å²) in [6.07, 6.45) is 0.152. The molecule has 0 bridgehead atoms. The smallest absolute Gasteiger partial charge is 0.407 e. The van der Waals surface area contributed by atoms with Gasteiger partial charge in [-0.05, 0) is 44.9 Å². The number of ether oxygens (including phenoxy) is 1. The lowest BCUT2D eigenvalue weighted by atomic mass is 10.1. The lowest BCUT2D eigenvalue weighted by Gasteiger charge is -2.19. The van der Waals surface area contributed by atoms with Gasteiger partial charge in [-0.3, -0.25) is 10.2 Å². The van der Waals surface area contributed by atoms with E-state index in [4.69, 9.17) is 10.6 Å². The highest BCUT2D eigenvalue weighted by Crippen LogP contribution is 2.07. The molecule has 110 valence electrons. The zero-order chi connectivity index (χ0) is 15.2. The minimum absolute atomic E-state index is 0.341. The fraction of sp³-hybridized carbons (Fsp3) is 0.429. The maximum absolute atomic E-state index is 11.5. The number of nitrogens with two attached hydrogens (primary N) is 1. The van der Waals surface area contributed by atoms with Crippen LogP contribution in [0.5, 0.6) is 0 Å². The SMILES string of the molecule is CC(C)(C)OC(=O)NCCc1cccc(C(=O)NN)c1. The number of amides is 2. The van der Waals surface area contributed by atoms with E-state index in [2.05, 4.69) is 10.7 Å². The molecule has 6 heteroatoms. The molecule has 0 radical (unpaired) electrons. The van der Waals surface area contributed by atoms with Crippen molar-refractivity contribution in [3.8, 4) is 0 Å². The van der Waals surface area contributed by atoms with E-state index in [9.17, 15) is 9.59 Å². The van der Waals surface area contributed by atoms with E-state index in [-0.39, 0.29) is 5.91 Å². The molecule has 1 aromatic carbocycles. The van der Waals surface area contributed by atoms with E-state index in [1.54, 1.807) is 18.2 Å². The third kappa shape index (κ3) is 5.71. The van der Waals surface area contributed by atoms with E-state index in [0.717, 1.165) is 5.56 Å². The number of carbonyl (C=O) groups excluding carboxylic acids is 2. The van der Waals surface area contributed by atoms with Gasteiger partial charge in [0.1, 0.15) is 5.60 Å². The summed E-state index contributed by atoms with van der Waals surface area (Å²) in [6.45, 7) is 5.85. The minimum atomic E-state index is -0.511. The molecule has 20 heavy (non-hydrogen) atoms. The standard InChI is InChI=1S/C14H21N3O3/c1-14(2,3)20-13(19)16-8-7-10-5-4-6-11(9-10)12(18)17-15/h4-6,9H,7-8,15H2,1-3H3,(H,16,19)(H,17,18). The summed E-state index contributed by atoms with van der Waals surface area (Å²) in [5, 5.41) is 2.66. The molecule has 6 nitrogen and oxygen atoms in total. The van der Waals surface area contributed by atoms with Gasteiger partial charge in [0.05, 0.1) is 0 Å². The van der Waals surface area contributed by atoms with Crippen LogP contribution in [0.25, 0.3) is 0 Å². The second kappa shape index (κ2) is 6.91. The highest BCUT2D eigenvalue weighted by Gasteiger charge is 2.15. The first kappa shape index (κ1) is 16.0. The molecule has 0 atom stereocenters. The van der Waals surface area contributed by atoms with Crippen LogP contribution in [0, 0.1) is 0 Å². The quantitative estimate of drug-likeness (QED) is 0.440. The van der Waals surface area contributed by atoms with Gasteiger partial charge in [-0.1, -0.05) is 12.1 Å². The van der Waals surface area contributed by atoms with Crippen LogP contribution in [0.15, 0.2) is 24.3 Å². The number of alkyl carbamates (subject to hydrolysis) is 1. The number of benzene rings is 1. The predicted octanol–water partition coefficient (Wildman–Crippen LogP) is 1.36. The van der Waals surface area contributed by atoms with Crippen molar-refractivity contribution in [2.24, 2.45) is 5.84 Å². The summed E-state index contributed by atoms with van der Waals surface area (Å²) < 4.78 is 5.12. The summed E-state index contributed by atoms with van der Waals surface area (Å²) in [4.78, 5) is 22.8. The lowest BCUT2D eigenvalue weighted by Crippen LogP contribution is -2.33. The molecule has 0 fully saturated rings. The number of nitrogens with one attached hydrogen (secondary N) is 2. The fourth-order valence-corrected chi connectivity index (χ4v) is 1.57. The topological polar surface area (TPSA) is 93.4 Å². The molecular formula is C14H21N3O3. The number of carbonyl (C=O) groups is 2. The van der Waals surface area contributed by atoms with Crippen molar-refractivity contribution >= 4 is 12.0 Å². The summed E-state index contributed by atoms with van der Waals surface area (Å²) in [7, 11) is 0. The highest BCUT2D eigenvalue weighted by molar-refractivity contribution is 5.93. The van der Waals surface area contributed by atoms with Gasteiger partial charge >= 0.3 is 6.09 Å². The molecule has 0 unspecified atom stereocenters. The summed E-state index contributed by atoms with van der Waals surface area (Å²) in [5.41, 5.74) is 2.99. The second-order valence-corrected chi connectivity index (χ2v) is 5.35. The normalized spacial score (nSPS) is 10.8. The van der Waals surface area contributed by atoms with Crippen molar-refractivity contribution in [2.45, 2.75) is 32.8 Å².